The SMILES string of the molecule is COc1ccc(-c2c(C)nn(-c3ccccc3)c2C)c(C(=O)N2CCC(n3c(=O)[nH]c4ccccc43)CC2)c1. The van der Waals surface area contributed by atoms with Gasteiger partial charge in [-0.3, -0.25) is 9.36 Å². The number of H-pyrrole nitrogens is 1. The number of ether oxygens (including phenoxy) is 1. The molecule has 8 heteroatoms. The summed E-state index contributed by atoms with van der Waals surface area (Å²) in [6.07, 6.45) is 1.41. The standard InChI is InChI=1S/C31H31N5O3/c1-20-29(21(2)36(33-20)23-9-5-4-6-10-23)25-14-13-24(39-3)19-26(25)30(37)34-17-15-22(16-18-34)35-28-12-8-7-11-27(28)32-31(35)38/h4-14,19,22H,15-18H2,1-3H3,(H,32,38). The highest BCUT2D eigenvalue weighted by atomic mass is 16.5. The first-order valence-electron chi connectivity index (χ1n) is 13.2. The molecular weight excluding hydrogens is 490 g/mol. The lowest BCUT2D eigenvalue weighted by Gasteiger charge is -2.33. The number of aryl methyl sites for hydroxylation is 1. The van der Waals surface area contributed by atoms with E-state index in [-0.39, 0.29) is 17.6 Å². The van der Waals surface area contributed by atoms with Crippen molar-refractivity contribution in [1.29, 1.82) is 0 Å². The van der Waals surface area contributed by atoms with Gasteiger partial charge in [0, 0.05) is 30.4 Å². The van der Waals surface area contributed by atoms with E-state index in [1.807, 2.05) is 101 Å². The maximum atomic E-state index is 14.0. The number of benzene rings is 3. The van der Waals surface area contributed by atoms with Crippen LogP contribution in [-0.4, -0.2) is 50.3 Å². The summed E-state index contributed by atoms with van der Waals surface area (Å²) in [5.41, 5.74) is 6.82. The lowest BCUT2D eigenvalue weighted by molar-refractivity contribution is 0.0695. The highest BCUT2D eigenvalue weighted by Crippen LogP contribution is 2.35. The Balaban J connectivity index is 1.31. The molecule has 0 aliphatic carbocycles. The molecule has 39 heavy (non-hydrogen) atoms. The van der Waals surface area contributed by atoms with Crippen LogP contribution < -0.4 is 10.4 Å². The smallest absolute Gasteiger partial charge is 0.326 e. The molecule has 1 amide bonds. The van der Waals surface area contributed by atoms with Gasteiger partial charge in [-0.2, -0.15) is 5.10 Å². The molecule has 2 aromatic heterocycles. The molecule has 5 aromatic rings. The minimum atomic E-state index is -0.0996. The van der Waals surface area contributed by atoms with Gasteiger partial charge in [0.25, 0.3) is 5.91 Å². The number of amides is 1. The van der Waals surface area contributed by atoms with Crippen LogP contribution in [-0.2, 0) is 0 Å². The van der Waals surface area contributed by atoms with Crippen molar-refractivity contribution in [3.63, 3.8) is 0 Å². The number of fused-ring (bicyclic) bond motifs is 1. The van der Waals surface area contributed by atoms with Gasteiger partial charge in [0.2, 0.25) is 0 Å². The number of aromatic nitrogens is 4. The van der Waals surface area contributed by atoms with E-state index in [0.717, 1.165) is 39.2 Å². The van der Waals surface area contributed by atoms with Crippen molar-refractivity contribution in [2.24, 2.45) is 0 Å². The molecule has 0 unspecified atom stereocenters. The molecule has 6 rings (SSSR count). The summed E-state index contributed by atoms with van der Waals surface area (Å²) in [6.45, 7) is 5.14. The molecule has 0 atom stereocenters. The first-order chi connectivity index (χ1) is 19.0. The molecule has 8 nitrogen and oxygen atoms in total. The van der Waals surface area contributed by atoms with Crippen molar-refractivity contribution < 1.29 is 9.53 Å². The van der Waals surface area contributed by atoms with Crippen molar-refractivity contribution in [3.05, 3.63) is 100 Å². The Bertz CT molecular complexity index is 1720. The van der Waals surface area contributed by atoms with Crippen LogP contribution in [0.3, 0.4) is 0 Å². The molecule has 0 radical (unpaired) electrons. The van der Waals surface area contributed by atoms with Crippen LogP contribution >= 0.6 is 0 Å². The van der Waals surface area contributed by atoms with Gasteiger partial charge >= 0.3 is 5.69 Å². The average Bonchev–Trinajstić information content (AvgIpc) is 3.47. The van der Waals surface area contributed by atoms with Crippen molar-refractivity contribution in [2.75, 3.05) is 20.2 Å². The van der Waals surface area contributed by atoms with Gasteiger partial charge < -0.3 is 14.6 Å². The summed E-state index contributed by atoms with van der Waals surface area (Å²) < 4.78 is 9.28. The molecule has 0 spiro atoms. The third-order valence-corrected chi connectivity index (χ3v) is 7.76. The fourth-order valence-electron chi connectivity index (χ4n) is 5.83. The molecule has 0 saturated carbocycles. The van der Waals surface area contributed by atoms with Crippen molar-refractivity contribution in [3.8, 4) is 22.6 Å². The van der Waals surface area contributed by atoms with Crippen LogP contribution in [0.1, 0.15) is 40.6 Å². The van der Waals surface area contributed by atoms with Gasteiger partial charge in [-0.1, -0.05) is 30.3 Å². The van der Waals surface area contributed by atoms with E-state index in [1.165, 1.54) is 0 Å². The zero-order chi connectivity index (χ0) is 27.1. The van der Waals surface area contributed by atoms with Crippen LogP contribution in [0.4, 0.5) is 0 Å². The minimum absolute atomic E-state index is 0.0380. The summed E-state index contributed by atoms with van der Waals surface area (Å²) in [6, 6.07) is 23.5. The van der Waals surface area contributed by atoms with Crippen LogP contribution in [0, 0.1) is 13.8 Å². The van der Waals surface area contributed by atoms with Gasteiger partial charge in [-0.25, -0.2) is 9.48 Å². The van der Waals surface area contributed by atoms with Crippen LogP contribution in [0.2, 0.25) is 0 Å². The Morgan fingerprint density at radius 3 is 2.44 bits per heavy atom. The number of carbonyl (C=O) groups is 1. The summed E-state index contributed by atoms with van der Waals surface area (Å²) >= 11 is 0. The highest BCUT2D eigenvalue weighted by Gasteiger charge is 2.29. The molecule has 3 aromatic carbocycles. The van der Waals surface area contributed by atoms with Crippen LogP contribution in [0.5, 0.6) is 5.75 Å². The van der Waals surface area contributed by atoms with Crippen molar-refractivity contribution in [2.45, 2.75) is 32.7 Å². The number of hydrogen-bond donors (Lipinski definition) is 1. The molecule has 1 N–H and O–H groups in total. The van der Waals surface area contributed by atoms with Gasteiger partial charge in [-0.05, 0) is 74.7 Å². The molecule has 1 aliphatic heterocycles. The van der Waals surface area contributed by atoms with E-state index in [2.05, 4.69) is 4.98 Å². The second kappa shape index (κ2) is 9.94. The second-order valence-corrected chi connectivity index (χ2v) is 10.0. The largest absolute Gasteiger partial charge is 0.497 e. The minimum Gasteiger partial charge on any atom is -0.497 e. The summed E-state index contributed by atoms with van der Waals surface area (Å²) in [5, 5.41) is 4.81. The number of aromatic amines is 1. The molecule has 3 heterocycles. The quantitative estimate of drug-likeness (QED) is 0.341. The highest BCUT2D eigenvalue weighted by molar-refractivity contribution is 6.02. The summed E-state index contributed by atoms with van der Waals surface area (Å²) in [7, 11) is 1.61. The molecule has 1 saturated heterocycles. The number of nitrogens with one attached hydrogen (secondary N) is 1. The van der Waals surface area contributed by atoms with E-state index in [4.69, 9.17) is 9.84 Å². The van der Waals surface area contributed by atoms with Gasteiger partial charge in [0.15, 0.2) is 0 Å². The van der Waals surface area contributed by atoms with Crippen molar-refractivity contribution >= 4 is 16.9 Å². The average molecular weight is 522 g/mol. The Kier molecular flexibility index (Phi) is 6.30. The van der Waals surface area contributed by atoms with Crippen LogP contribution in [0.15, 0.2) is 77.6 Å². The number of piperidine rings is 1. The third-order valence-electron chi connectivity index (χ3n) is 7.76. The van der Waals surface area contributed by atoms with Crippen molar-refractivity contribution in [1.82, 2.24) is 24.2 Å². The molecule has 198 valence electrons. The fraction of sp³-hybridized carbons (Fsp3) is 0.258. The predicted octanol–water partition coefficient (Wildman–Crippen LogP) is 5.29. The normalized spacial score (nSPS) is 14.2. The number of methoxy groups -OCH3 is 1. The maximum Gasteiger partial charge on any atom is 0.326 e. The lowest BCUT2D eigenvalue weighted by Crippen LogP contribution is -2.40. The zero-order valence-electron chi connectivity index (χ0n) is 22.3. The van der Waals surface area contributed by atoms with Gasteiger partial charge in [-0.15, -0.1) is 0 Å². The number of rotatable bonds is 5. The summed E-state index contributed by atoms with van der Waals surface area (Å²) in [5.74, 6) is 0.591. The first-order valence-corrected chi connectivity index (χ1v) is 13.2. The van der Waals surface area contributed by atoms with E-state index in [1.54, 1.807) is 7.11 Å². The Labute approximate surface area is 226 Å². The van der Waals surface area contributed by atoms with Gasteiger partial charge in [0.05, 0.1) is 35.1 Å². The molecule has 0 bridgehead atoms. The van der Waals surface area contributed by atoms with Crippen LogP contribution in [0.25, 0.3) is 27.8 Å². The van der Waals surface area contributed by atoms with E-state index >= 15 is 0 Å². The lowest BCUT2D eigenvalue weighted by atomic mass is 9.95. The number of hydrogen-bond acceptors (Lipinski definition) is 4. The number of carbonyl (C=O) groups excluding carboxylic acids is 1. The van der Waals surface area contributed by atoms with E-state index in [0.29, 0.717) is 37.2 Å². The zero-order valence-corrected chi connectivity index (χ0v) is 22.3. The Morgan fingerprint density at radius 2 is 1.69 bits per heavy atom. The Morgan fingerprint density at radius 1 is 0.974 bits per heavy atom. The van der Waals surface area contributed by atoms with E-state index in [9.17, 15) is 9.59 Å². The Hall–Kier alpha value is -4.59. The van der Waals surface area contributed by atoms with Gasteiger partial charge in [0.1, 0.15) is 5.75 Å². The number of imidazole rings is 1. The molecule has 1 aliphatic rings. The van der Waals surface area contributed by atoms with E-state index < -0.39 is 0 Å². The fourth-order valence-corrected chi connectivity index (χ4v) is 5.83. The predicted molar refractivity (Wildman–Crippen MR) is 152 cm³/mol. The number of likely N-dealkylation sites (tertiary alicyclic amines) is 1. The molecular formula is C31H31N5O3. The monoisotopic (exact) mass is 521 g/mol. The first kappa shape index (κ1) is 24.7. The number of para-hydroxylation sites is 3. The molecule has 1 fully saturated rings. The second-order valence-electron chi connectivity index (χ2n) is 10.0. The maximum absolute atomic E-state index is 14.0. The third kappa shape index (κ3) is 4.31. The number of nitrogens with zero attached hydrogens (tertiary/aromatic N) is 4. The summed E-state index contributed by atoms with van der Waals surface area (Å²) in [4.78, 5) is 31.6. The topological polar surface area (TPSA) is 85.2 Å².